The van der Waals surface area contributed by atoms with Gasteiger partial charge in [-0.15, -0.1) is 0 Å². The molecular weight excluding hydrogens is 226 g/mol. The van der Waals surface area contributed by atoms with E-state index in [1.165, 1.54) is 25.7 Å². The van der Waals surface area contributed by atoms with Gasteiger partial charge >= 0.3 is 0 Å². The Labute approximate surface area is 107 Å². The van der Waals surface area contributed by atoms with E-state index in [0.717, 1.165) is 17.6 Å². The van der Waals surface area contributed by atoms with Gasteiger partial charge in [0.05, 0.1) is 0 Å². The highest BCUT2D eigenvalue weighted by atomic mass is 16.4. The minimum Gasteiger partial charge on any atom is -0.410 e. The second-order valence-electron chi connectivity index (χ2n) is 5.90. The van der Waals surface area contributed by atoms with Crippen LogP contribution in [0.3, 0.4) is 0 Å². The second-order valence-corrected chi connectivity index (χ2v) is 5.90. The predicted octanol–water partition coefficient (Wildman–Crippen LogP) is 3.10. The third-order valence-electron chi connectivity index (χ3n) is 4.32. The number of rotatable bonds is 4. The van der Waals surface area contributed by atoms with Crippen LogP contribution < -0.4 is 0 Å². The van der Waals surface area contributed by atoms with Gasteiger partial charge in [0.2, 0.25) is 0 Å². The molecule has 2 saturated carbocycles. The lowest BCUT2D eigenvalue weighted by Crippen LogP contribution is -2.20. The quantitative estimate of drug-likeness (QED) is 0.470. The lowest BCUT2D eigenvalue weighted by molar-refractivity contribution is -0.113. The third kappa shape index (κ3) is 2.26. The van der Waals surface area contributed by atoms with Gasteiger partial charge in [-0.1, -0.05) is 12.1 Å². The van der Waals surface area contributed by atoms with Gasteiger partial charge in [-0.25, -0.2) is 0 Å². The summed E-state index contributed by atoms with van der Waals surface area (Å²) in [6.07, 6.45) is 9.27. The summed E-state index contributed by atoms with van der Waals surface area (Å²) < 4.78 is 0. The Balaban J connectivity index is 1.84. The number of hydrogen-bond donors (Lipinski definition) is 1. The molecular formula is C15H19NO2. The summed E-state index contributed by atoms with van der Waals surface area (Å²) in [5.74, 6) is 1.82. The fourth-order valence-corrected chi connectivity index (χ4v) is 2.73. The van der Waals surface area contributed by atoms with Crippen molar-refractivity contribution in [1.29, 1.82) is 0 Å². The number of Topliss-reactive ketones (excluding diaryl/α,β-unsaturated/α-hetero) is 1. The van der Waals surface area contributed by atoms with Crippen molar-refractivity contribution in [2.75, 3.05) is 0 Å². The fourth-order valence-electron chi connectivity index (χ4n) is 2.73. The van der Waals surface area contributed by atoms with E-state index >= 15 is 0 Å². The van der Waals surface area contributed by atoms with Crippen molar-refractivity contribution in [3.63, 3.8) is 0 Å². The number of ketones is 1. The van der Waals surface area contributed by atoms with E-state index in [1.807, 2.05) is 0 Å². The third-order valence-corrected chi connectivity index (χ3v) is 4.32. The van der Waals surface area contributed by atoms with E-state index in [2.05, 4.69) is 12.1 Å². The maximum atomic E-state index is 12.5. The first-order valence-corrected chi connectivity index (χ1v) is 6.88. The number of hydrogen-bond acceptors (Lipinski definition) is 3. The molecule has 0 aromatic rings. The molecule has 18 heavy (non-hydrogen) atoms. The highest BCUT2D eigenvalue weighted by Gasteiger charge is 2.36. The number of oxime groups is 1. The van der Waals surface area contributed by atoms with Crippen LogP contribution in [0, 0.1) is 17.8 Å². The molecule has 1 unspecified atom stereocenters. The van der Waals surface area contributed by atoms with Crippen molar-refractivity contribution in [3.8, 4) is 0 Å². The summed E-state index contributed by atoms with van der Waals surface area (Å²) in [4.78, 5) is 12.5. The molecule has 0 spiro atoms. The predicted molar refractivity (Wildman–Crippen MR) is 69.6 cm³/mol. The number of allylic oxidation sites excluding steroid dienone is 4. The van der Waals surface area contributed by atoms with Crippen molar-refractivity contribution in [3.05, 3.63) is 23.3 Å². The Bertz CT molecular complexity index is 465. The zero-order valence-electron chi connectivity index (χ0n) is 10.7. The first-order chi connectivity index (χ1) is 8.69. The Morgan fingerprint density at radius 3 is 2.61 bits per heavy atom. The Kier molecular flexibility index (Phi) is 2.84. The van der Waals surface area contributed by atoms with Gasteiger partial charge in [0.25, 0.3) is 0 Å². The van der Waals surface area contributed by atoms with Gasteiger partial charge < -0.3 is 5.21 Å². The molecule has 1 N–H and O–H groups in total. The van der Waals surface area contributed by atoms with Gasteiger partial charge in [-0.2, -0.15) is 0 Å². The monoisotopic (exact) mass is 245 g/mol. The summed E-state index contributed by atoms with van der Waals surface area (Å²) in [5.41, 5.74) is 2.23. The van der Waals surface area contributed by atoms with Crippen LogP contribution in [-0.2, 0) is 4.79 Å². The number of carbonyl (C=O) groups is 1. The summed E-state index contributed by atoms with van der Waals surface area (Å²) in [7, 11) is 0. The molecule has 0 radical (unpaired) electrons. The molecule has 0 amide bonds. The Hall–Kier alpha value is -1.38. The lowest BCUT2D eigenvalue weighted by atomic mass is 9.83. The van der Waals surface area contributed by atoms with Crippen LogP contribution in [-0.4, -0.2) is 16.7 Å². The van der Waals surface area contributed by atoms with E-state index in [0.29, 0.717) is 23.5 Å². The minimum atomic E-state index is 0.189. The van der Waals surface area contributed by atoms with Gasteiger partial charge in [-0.3, -0.25) is 4.79 Å². The van der Waals surface area contributed by atoms with Crippen molar-refractivity contribution in [2.45, 2.75) is 39.0 Å². The molecule has 3 rings (SSSR count). The number of carbonyl (C=O) groups excluding carboxylic acids is 1. The van der Waals surface area contributed by atoms with Gasteiger partial charge in [-0.05, 0) is 62.0 Å². The number of nitrogens with zero attached hydrogens (tertiary/aromatic N) is 1. The van der Waals surface area contributed by atoms with Gasteiger partial charge in [0.15, 0.2) is 5.78 Å². The van der Waals surface area contributed by atoms with Crippen LogP contribution in [0.1, 0.15) is 39.0 Å². The molecule has 2 fully saturated rings. The highest BCUT2D eigenvalue weighted by molar-refractivity contribution is 6.22. The Morgan fingerprint density at radius 1 is 1.33 bits per heavy atom. The largest absolute Gasteiger partial charge is 0.410 e. The first-order valence-electron chi connectivity index (χ1n) is 6.88. The molecule has 0 bridgehead atoms. The van der Waals surface area contributed by atoms with E-state index < -0.39 is 0 Å². The van der Waals surface area contributed by atoms with E-state index in [4.69, 9.17) is 5.21 Å². The van der Waals surface area contributed by atoms with Gasteiger partial charge in [0.1, 0.15) is 5.71 Å². The molecule has 0 aromatic carbocycles. The zero-order chi connectivity index (χ0) is 12.7. The molecule has 3 heteroatoms. The van der Waals surface area contributed by atoms with Crippen LogP contribution in [0.2, 0.25) is 0 Å². The van der Waals surface area contributed by atoms with Crippen molar-refractivity contribution in [2.24, 2.45) is 22.9 Å². The van der Waals surface area contributed by atoms with Crippen LogP contribution >= 0.6 is 0 Å². The zero-order valence-corrected chi connectivity index (χ0v) is 10.7. The summed E-state index contributed by atoms with van der Waals surface area (Å²) in [6, 6.07) is 0. The van der Waals surface area contributed by atoms with Gasteiger partial charge in [0, 0.05) is 11.1 Å². The standard InChI is InChI=1S/C15H19NO2/c1-9(11-4-5-11)14-8-13(16-18)7-12(15(14)17)6-10-2-3-10/h7-11,18H,2-6H2,1H3/b16-13-. The van der Waals surface area contributed by atoms with Crippen LogP contribution in [0.4, 0.5) is 0 Å². The van der Waals surface area contributed by atoms with E-state index in [9.17, 15) is 4.79 Å². The molecule has 0 heterocycles. The molecule has 96 valence electrons. The van der Waals surface area contributed by atoms with Crippen LogP contribution in [0.25, 0.3) is 0 Å². The summed E-state index contributed by atoms with van der Waals surface area (Å²) in [5, 5.41) is 12.3. The molecule has 0 saturated heterocycles. The van der Waals surface area contributed by atoms with Crippen molar-refractivity contribution >= 4 is 11.5 Å². The molecule has 3 aliphatic carbocycles. The maximum absolute atomic E-state index is 12.5. The van der Waals surface area contributed by atoms with Crippen molar-refractivity contribution < 1.29 is 10.0 Å². The smallest absolute Gasteiger partial charge is 0.185 e. The fraction of sp³-hybridized carbons (Fsp3) is 0.600. The molecule has 1 atom stereocenters. The van der Waals surface area contributed by atoms with Crippen molar-refractivity contribution in [1.82, 2.24) is 0 Å². The average Bonchev–Trinajstić information content (AvgIpc) is 3.24. The highest BCUT2D eigenvalue weighted by Crippen LogP contribution is 2.43. The lowest BCUT2D eigenvalue weighted by Gasteiger charge is -2.19. The topological polar surface area (TPSA) is 49.7 Å². The molecule has 0 aliphatic heterocycles. The summed E-state index contributed by atoms with van der Waals surface area (Å²) >= 11 is 0. The van der Waals surface area contributed by atoms with Crippen LogP contribution in [0.5, 0.6) is 0 Å². The normalized spacial score (nSPS) is 28.1. The summed E-state index contributed by atoms with van der Waals surface area (Å²) in [6.45, 7) is 2.12. The SMILES string of the molecule is CC(C1=C/C(=N\O)C=C(CC2CC2)C1=O)C1CC1. The second kappa shape index (κ2) is 4.38. The maximum Gasteiger partial charge on any atom is 0.185 e. The minimum absolute atomic E-state index is 0.189. The molecule has 3 aliphatic rings. The molecule has 3 nitrogen and oxygen atoms in total. The van der Waals surface area contributed by atoms with Crippen LogP contribution in [0.15, 0.2) is 28.5 Å². The Morgan fingerprint density at radius 2 is 2.06 bits per heavy atom. The first kappa shape index (κ1) is 11.7. The van der Waals surface area contributed by atoms with E-state index in [1.54, 1.807) is 12.2 Å². The average molecular weight is 245 g/mol. The van der Waals surface area contributed by atoms with E-state index in [-0.39, 0.29) is 5.78 Å². The molecule has 0 aromatic heterocycles.